The van der Waals surface area contributed by atoms with Crippen LogP contribution in [0.25, 0.3) is 0 Å². The summed E-state index contributed by atoms with van der Waals surface area (Å²) >= 11 is 0. The van der Waals surface area contributed by atoms with Crippen LogP contribution in [0.15, 0.2) is 0 Å². The molecule has 3 fully saturated rings. The van der Waals surface area contributed by atoms with Gasteiger partial charge in [0.2, 0.25) is 0 Å². The molecule has 0 heteroatoms. The van der Waals surface area contributed by atoms with E-state index in [1.54, 1.807) is 51.4 Å². The Bertz CT molecular complexity index is 288. The first-order chi connectivity index (χ1) is 11.7. The lowest BCUT2D eigenvalue weighted by Crippen LogP contribution is -2.19. The Morgan fingerprint density at radius 1 is 0.375 bits per heavy atom. The van der Waals surface area contributed by atoms with E-state index in [9.17, 15) is 0 Å². The van der Waals surface area contributed by atoms with Crippen LogP contribution in [-0.4, -0.2) is 0 Å². The molecule has 0 saturated heterocycles. The molecule has 0 N–H and O–H groups in total. The zero-order chi connectivity index (χ0) is 16.8. The summed E-state index contributed by atoms with van der Waals surface area (Å²) in [7, 11) is 0. The maximum absolute atomic E-state index is 2.45. The molecular weight excluding hydrogens is 288 g/mol. The molecule has 0 radical (unpaired) electrons. The van der Waals surface area contributed by atoms with Crippen molar-refractivity contribution in [2.45, 2.75) is 117 Å². The van der Waals surface area contributed by atoms with Crippen LogP contribution in [0, 0.1) is 35.5 Å². The van der Waals surface area contributed by atoms with E-state index in [0.717, 1.165) is 35.5 Å². The van der Waals surface area contributed by atoms with Crippen molar-refractivity contribution in [1.82, 2.24) is 0 Å². The Hall–Kier alpha value is 0. The molecule has 0 spiro atoms. The van der Waals surface area contributed by atoms with E-state index in [-0.39, 0.29) is 0 Å². The first-order valence-corrected chi connectivity index (χ1v) is 11.7. The van der Waals surface area contributed by atoms with Crippen LogP contribution in [0.5, 0.6) is 0 Å². The van der Waals surface area contributed by atoms with Crippen molar-refractivity contribution in [2.24, 2.45) is 35.5 Å². The van der Waals surface area contributed by atoms with E-state index >= 15 is 0 Å². The zero-order valence-corrected chi connectivity index (χ0v) is 16.8. The predicted octanol–water partition coefficient (Wildman–Crippen LogP) is 8.01. The minimum Gasteiger partial charge on any atom is -0.0625 e. The fourth-order valence-electron chi connectivity index (χ4n) is 5.99. The minimum atomic E-state index is 1.02. The third kappa shape index (κ3) is 6.06. The highest BCUT2D eigenvalue weighted by molar-refractivity contribution is 4.77. The largest absolute Gasteiger partial charge is 0.0625 e. The van der Waals surface area contributed by atoms with Gasteiger partial charge >= 0.3 is 0 Å². The normalized spacial score (nSPS) is 41.2. The molecule has 24 heavy (non-hydrogen) atoms. The standard InChI is InChI=1S/C24H44/c1-19-3-7-21(8-4-19)11-13-23-15-17-24(18-16-23)14-12-22-9-5-20(2)6-10-22/h19-24H,3-18H2,1-2H3. The lowest BCUT2D eigenvalue weighted by Gasteiger charge is -2.32. The topological polar surface area (TPSA) is 0 Å². The van der Waals surface area contributed by atoms with Crippen LogP contribution in [0.3, 0.4) is 0 Å². The maximum Gasteiger partial charge on any atom is -0.0414 e. The van der Waals surface area contributed by atoms with Gasteiger partial charge in [-0.2, -0.15) is 0 Å². The second-order valence-corrected chi connectivity index (χ2v) is 10.3. The molecule has 0 aromatic rings. The van der Waals surface area contributed by atoms with E-state index < -0.39 is 0 Å². The third-order valence-electron chi connectivity index (χ3n) is 8.20. The van der Waals surface area contributed by atoms with E-state index in [1.165, 1.54) is 51.4 Å². The highest BCUT2D eigenvalue weighted by atomic mass is 14.3. The van der Waals surface area contributed by atoms with Gasteiger partial charge in [-0.05, 0) is 35.5 Å². The molecule has 0 heterocycles. The van der Waals surface area contributed by atoms with Crippen molar-refractivity contribution in [2.75, 3.05) is 0 Å². The Balaban J connectivity index is 1.24. The molecule has 0 unspecified atom stereocenters. The van der Waals surface area contributed by atoms with Crippen LogP contribution in [0.1, 0.15) is 117 Å². The fourth-order valence-corrected chi connectivity index (χ4v) is 5.99. The lowest BCUT2D eigenvalue weighted by atomic mass is 9.74. The van der Waals surface area contributed by atoms with Gasteiger partial charge in [0.1, 0.15) is 0 Å². The molecule has 0 aliphatic heterocycles. The summed E-state index contributed by atoms with van der Waals surface area (Å²) in [6.45, 7) is 4.90. The molecule has 0 bridgehead atoms. The number of hydrogen-bond donors (Lipinski definition) is 0. The summed E-state index contributed by atoms with van der Waals surface area (Å²) in [5.41, 5.74) is 0. The number of rotatable bonds is 6. The van der Waals surface area contributed by atoms with Crippen molar-refractivity contribution in [1.29, 1.82) is 0 Å². The van der Waals surface area contributed by atoms with E-state index in [0.29, 0.717) is 0 Å². The van der Waals surface area contributed by atoms with Crippen LogP contribution >= 0.6 is 0 Å². The van der Waals surface area contributed by atoms with Gasteiger partial charge < -0.3 is 0 Å². The van der Waals surface area contributed by atoms with Gasteiger partial charge in [-0.25, -0.2) is 0 Å². The van der Waals surface area contributed by atoms with Gasteiger partial charge in [-0.3, -0.25) is 0 Å². The van der Waals surface area contributed by atoms with Crippen molar-refractivity contribution in [3.63, 3.8) is 0 Å². The number of hydrogen-bond acceptors (Lipinski definition) is 0. The van der Waals surface area contributed by atoms with Crippen LogP contribution < -0.4 is 0 Å². The smallest absolute Gasteiger partial charge is 0.0414 e. The molecule has 3 rings (SSSR count). The van der Waals surface area contributed by atoms with E-state index in [2.05, 4.69) is 13.8 Å². The Morgan fingerprint density at radius 2 is 0.583 bits per heavy atom. The van der Waals surface area contributed by atoms with Crippen molar-refractivity contribution in [3.05, 3.63) is 0 Å². The van der Waals surface area contributed by atoms with Gasteiger partial charge in [0.05, 0.1) is 0 Å². The molecule has 3 saturated carbocycles. The van der Waals surface area contributed by atoms with Crippen molar-refractivity contribution < 1.29 is 0 Å². The first-order valence-electron chi connectivity index (χ1n) is 11.7. The van der Waals surface area contributed by atoms with Crippen LogP contribution in [-0.2, 0) is 0 Å². The summed E-state index contributed by atoms with van der Waals surface area (Å²) in [6, 6.07) is 0. The fraction of sp³-hybridized carbons (Fsp3) is 1.00. The SMILES string of the molecule is CC1CCC(CCC2CCC(CCC3CCC(C)CC3)CC2)CC1. The molecule has 140 valence electrons. The molecule has 0 atom stereocenters. The summed E-state index contributed by atoms with van der Waals surface area (Å²) in [4.78, 5) is 0. The quantitative estimate of drug-likeness (QED) is 0.462. The summed E-state index contributed by atoms with van der Waals surface area (Å²) in [5, 5.41) is 0. The Labute approximate surface area is 152 Å². The van der Waals surface area contributed by atoms with Crippen LogP contribution in [0.4, 0.5) is 0 Å². The highest BCUT2D eigenvalue weighted by Gasteiger charge is 2.25. The average Bonchev–Trinajstić information content (AvgIpc) is 2.62. The summed E-state index contributed by atoms with van der Waals surface area (Å²) < 4.78 is 0. The lowest BCUT2D eigenvalue weighted by molar-refractivity contribution is 0.201. The Morgan fingerprint density at radius 3 is 0.833 bits per heavy atom. The molecule has 3 aliphatic rings. The van der Waals surface area contributed by atoms with Crippen molar-refractivity contribution >= 4 is 0 Å². The van der Waals surface area contributed by atoms with E-state index in [1.807, 2.05) is 0 Å². The summed E-state index contributed by atoms with van der Waals surface area (Å²) in [6.07, 6.45) is 24.7. The zero-order valence-electron chi connectivity index (χ0n) is 16.8. The van der Waals surface area contributed by atoms with Gasteiger partial charge in [0.15, 0.2) is 0 Å². The van der Waals surface area contributed by atoms with Gasteiger partial charge in [0, 0.05) is 0 Å². The predicted molar refractivity (Wildman–Crippen MR) is 106 cm³/mol. The summed E-state index contributed by atoms with van der Waals surface area (Å²) in [5.74, 6) is 6.40. The van der Waals surface area contributed by atoms with Crippen molar-refractivity contribution in [3.8, 4) is 0 Å². The molecule has 0 aromatic heterocycles. The van der Waals surface area contributed by atoms with Gasteiger partial charge in [-0.1, -0.05) is 117 Å². The molecule has 0 amide bonds. The first kappa shape index (κ1) is 18.8. The molecule has 3 aliphatic carbocycles. The Kier molecular flexibility index (Phi) is 7.54. The molecular formula is C24H44. The van der Waals surface area contributed by atoms with Gasteiger partial charge in [-0.15, -0.1) is 0 Å². The highest BCUT2D eigenvalue weighted by Crippen LogP contribution is 2.39. The van der Waals surface area contributed by atoms with E-state index in [4.69, 9.17) is 0 Å². The van der Waals surface area contributed by atoms with Crippen LogP contribution in [0.2, 0.25) is 0 Å². The monoisotopic (exact) mass is 332 g/mol. The third-order valence-corrected chi connectivity index (χ3v) is 8.20. The molecule has 0 nitrogen and oxygen atoms in total. The average molecular weight is 333 g/mol. The molecule has 0 aromatic carbocycles. The minimum absolute atomic E-state index is 1.02. The maximum atomic E-state index is 2.45. The second-order valence-electron chi connectivity index (χ2n) is 10.3. The second kappa shape index (κ2) is 9.63. The van der Waals surface area contributed by atoms with Gasteiger partial charge in [0.25, 0.3) is 0 Å².